The van der Waals surface area contributed by atoms with Crippen LogP contribution < -0.4 is 9.64 Å². The van der Waals surface area contributed by atoms with Crippen LogP contribution in [0.25, 0.3) is 33.4 Å². The van der Waals surface area contributed by atoms with Crippen molar-refractivity contribution in [3.05, 3.63) is 66.5 Å². The van der Waals surface area contributed by atoms with Crippen LogP contribution in [-0.4, -0.2) is 35.2 Å². The lowest BCUT2D eigenvalue weighted by molar-refractivity contribution is 0.419. The summed E-state index contributed by atoms with van der Waals surface area (Å²) < 4.78 is 33.6. The Kier molecular flexibility index (Phi) is 4.94. The first kappa shape index (κ1) is 19.4. The van der Waals surface area contributed by atoms with Gasteiger partial charge in [0.15, 0.2) is 5.82 Å². The van der Waals surface area contributed by atoms with Crippen molar-refractivity contribution < 1.29 is 13.5 Å². The van der Waals surface area contributed by atoms with Crippen LogP contribution in [0.2, 0.25) is 0 Å². The maximum Gasteiger partial charge on any atom is 0.163 e. The Morgan fingerprint density at radius 2 is 1.81 bits per heavy atom. The molecule has 1 saturated heterocycles. The number of rotatable bonds is 4. The van der Waals surface area contributed by atoms with Gasteiger partial charge in [0.05, 0.1) is 7.11 Å². The van der Waals surface area contributed by atoms with E-state index in [1.165, 1.54) is 12.1 Å². The van der Waals surface area contributed by atoms with Crippen LogP contribution in [0.4, 0.5) is 14.6 Å². The number of halogens is 2. The fourth-order valence-corrected chi connectivity index (χ4v) is 4.01. The molecule has 0 unspecified atom stereocenters. The minimum absolute atomic E-state index is 0.297. The van der Waals surface area contributed by atoms with Gasteiger partial charge in [-0.15, -0.1) is 0 Å². The van der Waals surface area contributed by atoms with Gasteiger partial charge in [0.2, 0.25) is 0 Å². The highest BCUT2D eigenvalue weighted by molar-refractivity contribution is 5.98. The Hall–Kier alpha value is -3.61. The zero-order valence-electron chi connectivity index (χ0n) is 17.0. The quantitative estimate of drug-likeness (QED) is 0.453. The fourth-order valence-electron chi connectivity index (χ4n) is 4.01. The number of methoxy groups -OCH3 is 1. The first-order chi connectivity index (χ1) is 15.1. The lowest BCUT2D eigenvalue weighted by atomic mass is 10.0. The molecule has 7 heteroatoms. The maximum absolute atomic E-state index is 14.5. The number of benzene rings is 2. The molecule has 0 spiro atoms. The van der Waals surface area contributed by atoms with Crippen molar-refractivity contribution in [3.63, 3.8) is 0 Å². The molecule has 4 aromatic rings. The number of hydrogen-bond acceptors (Lipinski definition) is 5. The SMILES string of the molecule is COc1cc(-c2ccc(F)cc2F)cc2c(N3CCCC3)nc(-c3cccnc3)nc12. The fraction of sp³-hybridized carbons (Fsp3) is 0.208. The lowest BCUT2D eigenvalue weighted by Gasteiger charge is -2.21. The molecule has 1 fully saturated rings. The molecule has 2 aromatic heterocycles. The van der Waals surface area contributed by atoms with Crippen LogP contribution >= 0.6 is 0 Å². The number of hydrogen-bond donors (Lipinski definition) is 0. The van der Waals surface area contributed by atoms with Gasteiger partial charge in [0.25, 0.3) is 0 Å². The normalized spacial score (nSPS) is 13.7. The second kappa shape index (κ2) is 7.91. The van der Waals surface area contributed by atoms with Crippen molar-refractivity contribution in [1.29, 1.82) is 0 Å². The number of ether oxygens (including phenoxy) is 1. The molecule has 0 amide bonds. The summed E-state index contributed by atoms with van der Waals surface area (Å²) in [6.45, 7) is 1.77. The van der Waals surface area contributed by atoms with E-state index >= 15 is 0 Å². The summed E-state index contributed by atoms with van der Waals surface area (Å²) in [7, 11) is 1.56. The Balaban J connectivity index is 1.78. The van der Waals surface area contributed by atoms with Crippen LogP contribution in [0, 0.1) is 11.6 Å². The van der Waals surface area contributed by atoms with Crippen LogP contribution in [0.5, 0.6) is 5.75 Å². The van der Waals surface area contributed by atoms with Crippen LogP contribution in [0.15, 0.2) is 54.9 Å². The van der Waals surface area contributed by atoms with Gasteiger partial charge in [-0.05, 0) is 54.8 Å². The van der Waals surface area contributed by atoms with Gasteiger partial charge in [0, 0.05) is 48.1 Å². The molecule has 1 aliphatic rings. The molecule has 0 radical (unpaired) electrons. The number of aromatic nitrogens is 3. The lowest BCUT2D eigenvalue weighted by Crippen LogP contribution is -2.20. The van der Waals surface area contributed by atoms with E-state index in [-0.39, 0.29) is 0 Å². The highest BCUT2D eigenvalue weighted by atomic mass is 19.1. The summed E-state index contributed by atoms with van der Waals surface area (Å²) >= 11 is 0. The summed E-state index contributed by atoms with van der Waals surface area (Å²) in [6, 6.07) is 10.9. The molecule has 31 heavy (non-hydrogen) atoms. The smallest absolute Gasteiger partial charge is 0.163 e. The molecule has 1 aliphatic heterocycles. The van der Waals surface area contributed by atoms with Gasteiger partial charge in [-0.25, -0.2) is 18.7 Å². The van der Waals surface area contributed by atoms with Gasteiger partial charge in [-0.1, -0.05) is 0 Å². The highest BCUT2D eigenvalue weighted by Gasteiger charge is 2.22. The third-order valence-corrected chi connectivity index (χ3v) is 5.53. The molecule has 0 saturated carbocycles. The molecule has 5 rings (SSSR count). The minimum atomic E-state index is -0.628. The van der Waals surface area contributed by atoms with E-state index < -0.39 is 11.6 Å². The Morgan fingerprint density at radius 3 is 2.52 bits per heavy atom. The van der Waals surface area contributed by atoms with E-state index in [9.17, 15) is 8.78 Å². The molecule has 0 atom stereocenters. The van der Waals surface area contributed by atoms with Gasteiger partial charge in [-0.2, -0.15) is 0 Å². The number of nitrogens with zero attached hydrogens (tertiary/aromatic N) is 4. The van der Waals surface area contributed by atoms with E-state index in [1.54, 1.807) is 25.6 Å². The number of anilines is 1. The van der Waals surface area contributed by atoms with E-state index in [0.717, 1.165) is 48.8 Å². The summed E-state index contributed by atoms with van der Waals surface area (Å²) in [5.41, 5.74) is 2.33. The largest absolute Gasteiger partial charge is 0.494 e. The average Bonchev–Trinajstić information content (AvgIpc) is 3.33. The van der Waals surface area contributed by atoms with E-state index in [2.05, 4.69) is 9.88 Å². The van der Waals surface area contributed by atoms with Crippen molar-refractivity contribution in [2.24, 2.45) is 0 Å². The second-order valence-corrected chi connectivity index (χ2v) is 7.51. The molecule has 5 nitrogen and oxygen atoms in total. The molecule has 156 valence electrons. The highest BCUT2D eigenvalue weighted by Crippen LogP contribution is 2.38. The molecular formula is C24H20F2N4O. The molecule has 0 aliphatic carbocycles. The summed E-state index contributed by atoms with van der Waals surface area (Å²) in [4.78, 5) is 16.0. The van der Waals surface area contributed by atoms with Crippen LogP contribution in [0.1, 0.15) is 12.8 Å². The number of pyridine rings is 1. The topological polar surface area (TPSA) is 51.1 Å². The predicted molar refractivity (Wildman–Crippen MR) is 116 cm³/mol. The first-order valence-electron chi connectivity index (χ1n) is 10.1. The average molecular weight is 418 g/mol. The molecule has 3 heterocycles. The minimum Gasteiger partial charge on any atom is -0.494 e. The zero-order valence-corrected chi connectivity index (χ0v) is 17.0. The predicted octanol–water partition coefficient (Wildman–Crippen LogP) is 5.25. The first-order valence-corrected chi connectivity index (χ1v) is 10.1. The van der Waals surface area contributed by atoms with Gasteiger partial charge >= 0.3 is 0 Å². The van der Waals surface area contributed by atoms with Crippen molar-refractivity contribution in [2.45, 2.75) is 12.8 Å². The van der Waals surface area contributed by atoms with E-state index in [4.69, 9.17) is 14.7 Å². The standard InChI is InChI=1S/C24H20F2N4O/c1-31-21-12-16(18-7-6-17(25)13-20(18)26)11-19-22(21)28-23(15-5-4-8-27-14-15)29-24(19)30-9-2-3-10-30/h4-8,11-14H,2-3,9-10H2,1H3. The Labute approximate surface area is 178 Å². The van der Waals surface area contributed by atoms with Crippen molar-refractivity contribution >= 4 is 16.7 Å². The van der Waals surface area contributed by atoms with Gasteiger partial charge in [-0.3, -0.25) is 4.98 Å². The monoisotopic (exact) mass is 418 g/mol. The molecule has 0 bridgehead atoms. The third-order valence-electron chi connectivity index (χ3n) is 5.53. The van der Waals surface area contributed by atoms with Crippen molar-refractivity contribution in [2.75, 3.05) is 25.1 Å². The van der Waals surface area contributed by atoms with E-state index in [0.29, 0.717) is 28.2 Å². The number of fused-ring (bicyclic) bond motifs is 1. The molecular weight excluding hydrogens is 398 g/mol. The molecule has 2 aromatic carbocycles. The summed E-state index contributed by atoms with van der Waals surface area (Å²) in [5.74, 6) is 0.600. The van der Waals surface area contributed by atoms with E-state index in [1.807, 2.05) is 18.2 Å². The maximum atomic E-state index is 14.5. The summed E-state index contributed by atoms with van der Waals surface area (Å²) in [6.07, 6.45) is 5.59. The van der Waals surface area contributed by atoms with Gasteiger partial charge < -0.3 is 9.64 Å². The van der Waals surface area contributed by atoms with Crippen molar-refractivity contribution in [3.8, 4) is 28.3 Å². The Bertz CT molecular complexity index is 1260. The van der Waals surface area contributed by atoms with Crippen molar-refractivity contribution in [1.82, 2.24) is 15.0 Å². The zero-order chi connectivity index (χ0) is 21.4. The second-order valence-electron chi connectivity index (χ2n) is 7.51. The Morgan fingerprint density at radius 1 is 0.968 bits per heavy atom. The van der Waals surface area contributed by atoms with Crippen LogP contribution in [0.3, 0.4) is 0 Å². The summed E-state index contributed by atoms with van der Waals surface area (Å²) in [5, 5.41) is 0.771. The third kappa shape index (κ3) is 3.56. The molecule has 0 N–H and O–H groups in total. The van der Waals surface area contributed by atoms with Crippen LogP contribution in [-0.2, 0) is 0 Å². The van der Waals surface area contributed by atoms with Gasteiger partial charge in [0.1, 0.15) is 28.7 Å².